The van der Waals surface area contributed by atoms with Crippen LogP contribution in [0.3, 0.4) is 0 Å². The number of hydrogen-bond donors (Lipinski definition) is 1. The molecule has 0 radical (unpaired) electrons. The van der Waals surface area contributed by atoms with Crippen LogP contribution < -0.4 is 0 Å². The first-order chi connectivity index (χ1) is 6.22. The van der Waals surface area contributed by atoms with Crippen LogP contribution in [0.5, 0.6) is 0 Å². The Bertz CT molecular complexity index is 352. The van der Waals surface area contributed by atoms with E-state index in [0.717, 1.165) is 0 Å². The highest BCUT2D eigenvalue weighted by Crippen LogP contribution is 2.13. The second kappa shape index (κ2) is 4.13. The van der Waals surface area contributed by atoms with E-state index in [1.807, 2.05) is 0 Å². The van der Waals surface area contributed by atoms with Crippen LogP contribution in [0.4, 0.5) is 5.69 Å². The molecule has 0 aliphatic carbocycles. The molecule has 5 heteroatoms. The van der Waals surface area contributed by atoms with Crippen molar-refractivity contribution in [2.24, 2.45) is 5.11 Å². The maximum atomic E-state index is 10.3. The highest BCUT2D eigenvalue weighted by molar-refractivity contribution is 5.70. The zero-order chi connectivity index (χ0) is 9.68. The minimum absolute atomic E-state index is 0.0173. The van der Waals surface area contributed by atoms with Gasteiger partial charge in [0.1, 0.15) is 0 Å². The Morgan fingerprint density at radius 3 is 2.54 bits per heavy atom. The fourth-order valence-corrected chi connectivity index (χ4v) is 0.907. The Labute approximate surface area is 74.3 Å². The third-order valence-corrected chi connectivity index (χ3v) is 1.45. The molecule has 1 N–H and O–H groups in total. The average molecular weight is 177 g/mol. The first kappa shape index (κ1) is 9.09. The number of aliphatic carboxylic acids is 1. The van der Waals surface area contributed by atoms with Gasteiger partial charge in [0.25, 0.3) is 0 Å². The van der Waals surface area contributed by atoms with Crippen molar-refractivity contribution >= 4 is 11.7 Å². The van der Waals surface area contributed by atoms with E-state index in [9.17, 15) is 4.79 Å². The van der Waals surface area contributed by atoms with E-state index in [4.69, 9.17) is 10.6 Å². The smallest absolute Gasteiger partial charge is 0.307 e. The SMILES string of the molecule is [N-]=[N+]=Nc1ccc(CC(=O)O)cc1. The molecule has 1 aromatic carbocycles. The van der Waals surface area contributed by atoms with Gasteiger partial charge >= 0.3 is 5.97 Å². The molecule has 0 aliphatic heterocycles. The van der Waals surface area contributed by atoms with Crippen molar-refractivity contribution in [2.75, 3.05) is 0 Å². The van der Waals surface area contributed by atoms with Crippen molar-refractivity contribution in [3.8, 4) is 0 Å². The van der Waals surface area contributed by atoms with Gasteiger partial charge in [-0.05, 0) is 11.1 Å². The van der Waals surface area contributed by atoms with E-state index in [2.05, 4.69) is 10.0 Å². The summed E-state index contributed by atoms with van der Waals surface area (Å²) in [5, 5.41) is 11.8. The number of hydrogen-bond acceptors (Lipinski definition) is 2. The number of benzene rings is 1. The van der Waals surface area contributed by atoms with Crippen LogP contribution >= 0.6 is 0 Å². The normalized spacial score (nSPS) is 8.92. The summed E-state index contributed by atoms with van der Waals surface area (Å²) >= 11 is 0. The second-order valence-electron chi connectivity index (χ2n) is 2.43. The van der Waals surface area contributed by atoms with Gasteiger partial charge in [-0.3, -0.25) is 4.79 Å². The van der Waals surface area contributed by atoms with E-state index in [1.165, 1.54) is 0 Å². The summed E-state index contributed by atoms with van der Waals surface area (Å²) in [7, 11) is 0. The van der Waals surface area contributed by atoms with Crippen molar-refractivity contribution in [3.05, 3.63) is 40.3 Å². The van der Waals surface area contributed by atoms with Crippen LogP contribution in [-0.2, 0) is 11.2 Å². The molecule has 5 nitrogen and oxygen atoms in total. The van der Waals surface area contributed by atoms with Gasteiger partial charge in [-0.25, -0.2) is 0 Å². The summed E-state index contributed by atoms with van der Waals surface area (Å²) in [6, 6.07) is 6.41. The molecule has 0 heterocycles. The second-order valence-corrected chi connectivity index (χ2v) is 2.43. The van der Waals surface area contributed by atoms with Gasteiger partial charge < -0.3 is 5.11 Å². The molecule has 0 aliphatic rings. The molecule has 0 saturated carbocycles. The fourth-order valence-electron chi connectivity index (χ4n) is 0.907. The number of carboxylic acid groups (broad SMARTS) is 1. The van der Waals surface area contributed by atoms with E-state index in [-0.39, 0.29) is 6.42 Å². The minimum atomic E-state index is -0.878. The molecular weight excluding hydrogens is 170 g/mol. The number of carboxylic acids is 1. The van der Waals surface area contributed by atoms with Crippen LogP contribution in [0.1, 0.15) is 5.56 Å². The summed E-state index contributed by atoms with van der Waals surface area (Å²) in [4.78, 5) is 12.9. The molecule has 0 amide bonds. The molecule has 0 aromatic heterocycles. The molecule has 13 heavy (non-hydrogen) atoms. The highest BCUT2D eigenvalue weighted by atomic mass is 16.4. The van der Waals surface area contributed by atoms with Crippen LogP contribution in [0.15, 0.2) is 29.4 Å². The van der Waals surface area contributed by atoms with Gasteiger partial charge in [0, 0.05) is 10.6 Å². The Morgan fingerprint density at radius 1 is 1.46 bits per heavy atom. The molecular formula is C8H7N3O2. The van der Waals surface area contributed by atoms with Crippen molar-refractivity contribution in [1.29, 1.82) is 0 Å². The topological polar surface area (TPSA) is 86.1 Å². The summed E-state index contributed by atoms with van der Waals surface area (Å²) in [5.74, 6) is -0.878. The van der Waals surface area contributed by atoms with E-state index >= 15 is 0 Å². The molecule has 0 saturated heterocycles. The lowest BCUT2D eigenvalue weighted by Gasteiger charge is -1.96. The Balaban J connectivity index is 2.80. The van der Waals surface area contributed by atoms with Crippen LogP contribution in [-0.4, -0.2) is 11.1 Å². The van der Waals surface area contributed by atoms with Gasteiger partial charge in [0.05, 0.1) is 6.42 Å². The number of nitrogens with zero attached hydrogens (tertiary/aromatic N) is 3. The molecule has 66 valence electrons. The summed E-state index contributed by atoms with van der Waals surface area (Å²) in [6.45, 7) is 0. The number of rotatable bonds is 3. The zero-order valence-corrected chi connectivity index (χ0v) is 6.71. The number of azide groups is 1. The quantitative estimate of drug-likeness (QED) is 0.436. The van der Waals surface area contributed by atoms with Crippen LogP contribution in [0.2, 0.25) is 0 Å². The summed E-state index contributed by atoms with van der Waals surface area (Å²) < 4.78 is 0. The van der Waals surface area contributed by atoms with Crippen molar-refractivity contribution < 1.29 is 9.90 Å². The molecule has 0 atom stereocenters. The largest absolute Gasteiger partial charge is 0.481 e. The number of carbonyl (C=O) groups is 1. The first-order valence-corrected chi connectivity index (χ1v) is 3.58. The zero-order valence-electron chi connectivity index (χ0n) is 6.71. The van der Waals surface area contributed by atoms with E-state index < -0.39 is 5.97 Å². The first-order valence-electron chi connectivity index (χ1n) is 3.58. The maximum Gasteiger partial charge on any atom is 0.307 e. The molecule has 0 spiro atoms. The average Bonchev–Trinajstić information content (AvgIpc) is 2.08. The lowest BCUT2D eigenvalue weighted by atomic mass is 10.1. The van der Waals surface area contributed by atoms with Crippen LogP contribution in [0.25, 0.3) is 10.4 Å². The molecule has 1 rings (SSSR count). The maximum absolute atomic E-state index is 10.3. The Morgan fingerprint density at radius 2 is 2.08 bits per heavy atom. The Hall–Kier alpha value is -2.00. The summed E-state index contributed by atoms with van der Waals surface area (Å²) in [6.07, 6.45) is -0.0173. The van der Waals surface area contributed by atoms with Gasteiger partial charge in [0.2, 0.25) is 0 Å². The third kappa shape index (κ3) is 2.84. The monoisotopic (exact) mass is 177 g/mol. The lowest BCUT2D eigenvalue weighted by molar-refractivity contribution is -0.136. The lowest BCUT2D eigenvalue weighted by Crippen LogP contribution is -1.98. The van der Waals surface area contributed by atoms with Gasteiger partial charge in [0.15, 0.2) is 0 Å². The van der Waals surface area contributed by atoms with Crippen molar-refractivity contribution in [2.45, 2.75) is 6.42 Å². The fraction of sp³-hybridized carbons (Fsp3) is 0.125. The Kier molecular flexibility index (Phi) is 2.89. The van der Waals surface area contributed by atoms with Gasteiger partial charge in [-0.2, -0.15) is 0 Å². The predicted octanol–water partition coefficient (Wildman–Crippen LogP) is 2.26. The third-order valence-electron chi connectivity index (χ3n) is 1.45. The van der Waals surface area contributed by atoms with Gasteiger partial charge in [-0.1, -0.05) is 29.4 Å². The van der Waals surface area contributed by atoms with E-state index in [1.54, 1.807) is 24.3 Å². The van der Waals surface area contributed by atoms with Crippen molar-refractivity contribution in [3.63, 3.8) is 0 Å². The molecule has 0 fully saturated rings. The predicted molar refractivity (Wildman–Crippen MR) is 46.6 cm³/mol. The molecule has 0 bridgehead atoms. The minimum Gasteiger partial charge on any atom is -0.481 e. The van der Waals surface area contributed by atoms with E-state index in [0.29, 0.717) is 11.3 Å². The van der Waals surface area contributed by atoms with Gasteiger partial charge in [-0.15, -0.1) is 0 Å². The van der Waals surface area contributed by atoms with Crippen molar-refractivity contribution in [1.82, 2.24) is 0 Å². The molecule has 0 unspecified atom stereocenters. The van der Waals surface area contributed by atoms with Crippen LogP contribution in [0, 0.1) is 0 Å². The summed E-state index contributed by atoms with van der Waals surface area (Å²) in [5.41, 5.74) is 9.27. The molecule has 1 aromatic rings. The standard InChI is InChI=1S/C8H7N3O2/c9-11-10-7-3-1-6(2-4-7)5-8(12)13/h1-4H,5H2,(H,12,13). The highest BCUT2D eigenvalue weighted by Gasteiger charge is 1.98.